The second kappa shape index (κ2) is 10.2. The number of hydrogen-bond acceptors (Lipinski definition) is 5. The zero-order valence-electron chi connectivity index (χ0n) is 15.6. The normalized spacial score (nSPS) is 11.0. The second-order valence-corrected chi connectivity index (χ2v) is 6.49. The smallest absolute Gasteiger partial charge is 0.195 e. The van der Waals surface area contributed by atoms with Gasteiger partial charge in [-0.15, -0.1) is 28.3 Å². The third kappa shape index (κ3) is 5.42. The lowest BCUT2D eigenvalue weighted by Gasteiger charge is -2.11. The predicted octanol–water partition coefficient (Wildman–Crippen LogP) is 4.61. The summed E-state index contributed by atoms with van der Waals surface area (Å²) in [5, 5.41) is 5.08. The molecule has 154 valence electrons. The monoisotopic (exact) mass is 484 g/mol. The molecule has 0 aliphatic rings. The van der Waals surface area contributed by atoms with Gasteiger partial charge in [0.25, 0.3) is 0 Å². The third-order valence-electron chi connectivity index (χ3n) is 3.89. The summed E-state index contributed by atoms with van der Waals surface area (Å²) in [6.45, 7) is 0.243. The van der Waals surface area contributed by atoms with E-state index in [0.717, 1.165) is 17.7 Å². The Labute approximate surface area is 181 Å². The summed E-state index contributed by atoms with van der Waals surface area (Å²) in [5.74, 6) is -0.386. The van der Waals surface area contributed by atoms with Gasteiger partial charge < -0.3 is 20.5 Å². The molecule has 0 saturated carbocycles. The highest BCUT2D eigenvalue weighted by atomic mass is 79.9. The lowest BCUT2D eigenvalue weighted by atomic mass is 10.2. The Morgan fingerprint density at radius 3 is 2.45 bits per heavy atom. The zero-order valence-corrected chi connectivity index (χ0v) is 18.1. The summed E-state index contributed by atoms with van der Waals surface area (Å²) in [7, 11) is 3.14. The lowest BCUT2D eigenvalue weighted by molar-refractivity contribution is 0.385. The number of aliphatic imine (C=N–C) groups is 1. The Hall–Kier alpha value is -2.72. The average Bonchev–Trinajstić information content (AvgIpc) is 3.16. The number of nitrogens with one attached hydrogen (secondary N) is 1. The first-order valence-corrected chi connectivity index (χ1v) is 9.07. The third-order valence-corrected chi connectivity index (χ3v) is 4.65. The van der Waals surface area contributed by atoms with Crippen LogP contribution in [-0.4, -0.2) is 25.2 Å². The van der Waals surface area contributed by atoms with Gasteiger partial charge in [-0.3, -0.25) is 0 Å². The van der Waals surface area contributed by atoms with E-state index in [0.29, 0.717) is 27.9 Å². The van der Waals surface area contributed by atoms with Crippen LogP contribution in [0.2, 0.25) is 0 Å². The maximum atomic E-state index is 13.4. The Bertz CT molecular complexity index is 991. The first-order chi connectivity index (χ1) is 13.5. The van der Waals surface area contributed by atoms with Gasteiger partial charge in [-0.2, -0.15) is 0 Å². The topological polar surface area (TPSA) is 81.8 Å². The van der Waals surface area contributed by atoms with Crippen LogP contribution < -0.4 is 20.5 Å². The molecule has 10 heteroatoms. The van der Waals surface area contributed by atoms with Gasteiger partial charge in [0.1, 0.15) is 11.5 Å². The van der Waals surface area contributed by atoms with E-state index in [-0.39, 0.29) is 29.5 Å². The second-order valence-electron chi connectivity index (χ2n) is 5.63. The number of nitrogens with two attached hydrogens (primary N) is 1. The van der Waals surface area contributed by atoms with Gasteiger partial charge >= 0.3 is 0 Å². The van der Waals surface area contributed by atoms with Crippen LogP contribution in [0.4, 0.5) is 13.9 Å². The van der Waals surface area contributed by atoms with Gasteiger partial charge in [-0.05, 0) is 30.3 Å². The molecule has 3 rings (SSSR count). The fraction of sp³-hybridized carbons (Fsp3) is 0.158. The van der Waals surface area contributed by atoms with Gasteiger partial charge in [0.2, 0.25) is 0 Å². The summed E-state index contributed by atoms with van der Waals surface area (Å²) in [6, 6.07) is 9.06. The molecule has 0 aliphatic carbocycles. The molecule has 0 amide bonds. The van der Waals surface area contributed by atoms with Crippen molar-refractivity contribution in [1.82, 2.24) is 4.98 Å². The molecule has 0 radical (unpaired) electrons. The minimum Gasteiger partial charge on any atom is -0.496 e. The number of benzene rings is 2. The van der Waals surface area contributed by atoms with Crippen LogP contribution in [0.15, 0.2) is 46.8 Å². The van der Waals surface area contributed by atoms with Crippen molar-refractivity contribution >= 4 is 39.4 Å². The van der Waals surface area contributed by atoms with Gasteiger partial charge in [0, 0.05) is 10.9 Å². The van der Waals surface area contributed by atoms with Crippen molar-refractivity contribution in [3.05, 3.63) is 59.0 Å². The highest BCUT2D eigenvalue weighted by Crippen LogP contribution is 2.29. The molecule has 3 aromatic rings. The van der Waals surface area contributed by atoms with Crippen LogP contribution >= 0.6 is 28.3 Å². The number of guanidine groups is 1. The molecule has 1 heterocycles. The molecule has 6 nitrogen and oxygen atoms in total. The summed E-state index contributed by atoms with van der Waals surface area (Å²) < 4.78 is 37.1. The molecule has 0 saturated heterocycles. The van der Waals surface area contributed by atoms with Crippen molar-refractivity contribution in [3.63, 3.8) is 0 Å². The van der Waals surface area contributed by atoms with E-state index in [1.807, 2.05) is 18.2 Å². The Morgan fingerprint density at radius 1 is 1.14 bits per heavy atom. The van der Waals surface area contributed by atoms with Crippen molar-refractivity contribution in [2.45, 2.75) is 6.54 Å². The maximum absolute atomic E-state index is 13.4. The molecular formula is C19H19BrF2N4O2S. The van der Waals surface area contributed by atoms with Crippen LogP contribution in [-0.2, 0) is 6.54 Å². The van der Waals surface area contributed by atoms with E-state index < -0.39 is 11.6 Å². The Balaban J connectivity index is 0.00000300. The zero-order chi connectivity index (χ0) is 20.1. The molecule has 0 unspecified atom stereocenters. The Morgan fingerprint density at radius 2 is 1.83 bits per heavy atom. The SMILES string of the molecule is Br.COc1cccc(OC)c1CN=C(N)Nc1nc(-c2ccc(F)c(F)c2)cs1. The highest BCUT2D eigenvalue weighted by Gasteiger charge is 2.11. The quantitative estimate of drug-likeness (QED) is 0.394. The number of ether oxygens (including phenoxy) is 2. The van der Waals surface area contributed by atoms with Crippen LogP contribution in [0.3, 0.4) is 0 Å². The van der Waals surface area contributed by atoms with Crippen molar-refractivity contribution in [3.8, 4) is 22.8 Å². The van der Waals surface area contributed by atoms with Gasteiger partial charge in [0.15, 0.2) is 22.7 Å². The molecule has 2 aromatic carbocycles. The Kier molecular flexibility index (Phi) is 7.91. The lowest BCUT2D eigenvalue weighted by Crippen LogP contribution is -2.22. The average molecular weight is 485 g/mol. The van der Waals surface area contributed by atoms with E-state index in [1.54, 1.807) is 19.6 Å². The van der Waals surface area contributed by atoms with Crippen molar-refractivity contribution in [2.75, 3.05) is 19.5 Å². The number of nitrogens with zero attached hydrogens (tertiary/aromatic N) is 2. The van der Waals surface area contributed by atoms with E-state index in [2.05, 4.69) is 15.3 Å². The molecule has 0 atom stereocenters. The molecule has 0 fully saturated rings. The highest BCUT2D eigenvalue weighted by molar-refractivity contribution is 8.93. The van der Waals surface area contributed by atoms with E-state index in [9.17, 15) is 8.78 Å². The summed E-state index contributed by atoms with van der Waals surface area (Å²) in [6.07, 6.45) is 0. The summed E-state index contributed by atoms with van der Waals surface area (Å²) in [4.78, 5) is 8.62. The number of anilines is 1. The van der Waals surface area contributed by atoms with Gasteiger partial charge in [-0.1, -0.05) is 6.07 Å². The first kappa shape index (κ1) is 22.6. The molecule has 0 bridgehead atoms. The molecular weight excluding hydrogens is 466 g/mol. The standard InChI is InChI=1S/C19H18F2N4O2S.BrH/c1-26-16-4-3-5-17(27-2)12(16)9-23-18(22)25-19-24-15(10-28-19)11-6-7-13(20)14(21)8-11;/h3-8,10H,9H2,1-2H3,(H3,22,23,24,25);1H. The van der Waals surface area contributed by atoms with E-state index in [1.165, 1.54) is 17.4 Å². The molecule has 29 heavy (non-hydrogen) atoms. The molecule has 3 N–H and O–H groups in total. The van der Waals surface area contributed by atoms with E-state index >= 15 is 0 Å². The number of halogens is 3. The number of thiazole rings is 1. The van der Waals surface area contributed by atoms with Crippen LogP contribution in [0.1, 0.15) is 5.56 Å². The van der Waals surface area contributed by atoms with Crippen LogP contribution in [0.25, 0.3) is 11.3 Å². The summed E-state index contributed by atoms with van der Waals surface area (Å²) >= 11 is 1.27. The number of rotatable bonds is 6. The summed E-state index contributed by atoms with van der Waals surface area (Å²) in [5.41, 5.74) is 7.68. The number of aromatic nitrogens is 1. The molecule has 1 aromatic heterocycles. The minimum absolute atomic E-state index is 0. The van der Waals surface area contributed by atoms with Crippen molar-refractivity contribution in [1.29, 1.82) is 0 Å². The molecule has 0 aliphatic heterocycles. The van der Waals surface area contributed by atoms with Crippen molar-refractivity contribution in [2.24, 2.45) is 10.7 Å². The fourth-order valence-electron chi connectivity index (χ4n) is 2.52. The van der Waals surface area contributed by atoms with E-state index in [4.69, 9.17) is 15.2 Å². The molecule has 0 spiro atoms. The predicted molar refractivity (Wildman–Crippen MR) is 116 cm³/mol. The van der Waals surface area contributed by atoms with Crippen molar-refractivity contribution < 1.29 is 18.3 Å². The van der Waals surface area contributed by atoms with Crippen LogP contribution in [0, 0.1) is 11.6 Å². The van der Waals surface area contributed by atoms with Gasteiger partial charge in [-0.25, -0.2) is 18.8 Å². The number of hydrogen-bond donors (Lipinski definition) is 2. The fourth-order valence-corrected chi connectivity index (χ4v) is 3.24. The number of methoxy groups -OCH3 is 2. The first-order valence-electron chi connectivity index (χ1n) is 8.19. The minimum atomic E-state index is -0.924. The van der Waals surface area contributed by atoms with Crippen LogP contribution in [0.5, 0.6) is 11.5 Å². The maximum Gasteiger partial charge on any atom is 0.195 e. The largest absolute Gasteiger partial charge is 0.496 e. The van der Waals surface area contributed by atoms with Gasteiger partial charge in [0.05, 0.1) is 32.0 Å².